The summed E-state index contributed by atoms with van der Waals surface area (Å²) in [6, 6.07) is 20.1. The van der Waals surface area contributed by atoms with Crippen molar-refractivity contribution in [3.63, 3.8) is 0 Å². The fourth-order valence-corrected chi connectivity index (χ4v) is 4.74. The van der Waals surface area contributed by atoms with E-state index in [9.17, 15) is 0 Å². The van der Waals surface area contributed by atoms with E-state index in [1.807, 2.05) is 6.07 Å². The van der Waals surface area contributed by atoms with E-state index in [1.165, 1.54) is 35.9 Å². The van der Waals surface area contributed by atoms with E-state index in [0.29, 0.717) is 12.1 Å². The van der Waals surface area contributed by atoms with Crippen molar-refractivity contribution in [3.05, 3.63) is 54.6 Å². The van der Waals surface area contributed by atoms with E-state index in [1.54, 1.807) is 7.11 Å². The van der Waals surface area contributed by atoms with Crippen molar-refractivity contribution in [2.75, 3.05) is 31.6 Å². The molecule has 4 nitrogen and oxygen atoms in total. The molecule has 3 aromatic rings. The number of rotatable bonds is 5. The highest BCUT2D eigenvalue weighted by atomic mass is 16.5. The van der Waals surface area contributed by atoms with Crippen molar-refractivity contribution >= 4 is 16.7 Å². The number of anilines is 1. The Balaban J connectivity index is 1.53. The number of nitrogens with zero attached hydrogens (tertiary/aromatic N) is 3. The second-order valence-electron chi connectivity index (χ2n) is 9.02. The summed E-state index contributed by atoms with van der Waals surface area (Å²) in [4.78, 5) is 10.3. The Labute approximate surface area is 179 Å². The van der Waals surface area contributed by atoms with E-state index >= 15 is 0 Å². The molecule has 1 saturated carbocycles. The predicted octanol–water partition coefficient (Wildman–Crippen LogP) is 5.22. The molecule has 0 radical (unpaired) electrons. The second-order valence-corrected chi connectivity index (χ2v) is 9.02. The molecule has 156 valence electrons. The molecular formula is C26H31N3O. The third-order valence-corrected chi connectivity index (χ3v) is 6.68. The Morgan fingerprint density at radius 3 is 2.60 bits per heavy atom. The minimum atomic E-state index is 0.451. The van der Waals surface area contributed by atoms with Crippen molar-refractivity contribution in [2.24, 2.45) is 5.92 Å². The Hall–Kier alpha value is -2.59. The predicted molar refractivity (Wildman–Crippen MR) is 124 cm³/mol. The number of pyridine rings is 1. The summed E-state index contributed by atoms with van der Waals surface area (Å²) in [5.74, 6) is 2.90. The van der Waals surface area contributed by atoms with Gasteiger partial charge in [-0.2, -0.15) is 0 Å². The zero-order chi connectivity index (χ0) is 20.7. The molecule has 2 fully saturated rings. The van der Waals surface area contributed by atoms with E-state index in [-0.39, 0.29) is 0 Å². The maximum Gasteiger partial charge on any atom is 0.130 e. The molecule has 0 spiro atoms. The van der Waals surface area contributed by atoms with Crippen LogP contribution in [-0.4, -0.2) is 48.7 Å². The van der Waals surface area contributed by atoms with Gasteiger partial charge in [0.05, 0.1) is 12.6 Å². The second kappa shape index (κ2) is 7.92. The number of ether oxygens (including phenoxy) is 1. The smallest absolute Gasteiger partial charge is 0.130 e. The van der Waals surface area contributed by atoms with Gasteiger partial charge < -0.3 is 9.64 Å². The Kier molecular flexibility index (Phi) is 5.11. The normalized spacial score (nSPS) is 22.4. The number of methoxy groups -OCH3 is 1. The first-order chi connectivity index (χ1) is 14.6. The molecule has 2 heterocycles. The lowest BCUT2D eigenvalue weighted by Crippen LogP contribution is -2.57. The van der Waals surface area contributed by atoms with E-state index < -0.39 is 0 Å². The molecule has 1 aromatic heterocycles. The van der Waals surface area contributed by atoms with Gasteiger partial charge in [-0.25, -0.2) is 4.98 Å². The van der Waals surface area contributed by atoms with E-state index in [2.05, 4.69) is 72.2 Å². The van der Waals surface area contributed by atoms with Gasteiger partial charge in [-0.05, 0) is 68.0 Å². The largest absolute Gasteiger partial charge is 0.497 e. The van der Waals surface area contributed by atoms with Gasteiger partial charge >= 0.3 is 0 Å². The monoisotopic (exact) mass is 401 g/mol. The number of hydrogen-bond donors (Lipinski definition) is 0. The number of para-hydroxylation sites is 1. The van der Waals surface area contributed by atoms with Crippen LogP contribution in [0.3, 0.4) is 0 Å². The third-order valence-electron chi connectivity index (χ3n) is 6.68. The van der Waals surface area contributed by atoms with Crippen LogP contribution in [0.1, 0.15) is 26.7 Å². The third kappa shape index (κ3) is 3.77. The van der Waals surface area contributed by atoms with Crippen molar-refractivity contribution < 1.29 is 4.74 Å². The zero-order valence-corrected chi connectivity index (χ0v) is 18.2. The molecule has 2 aromatic carbocycles. The molecule has 2 atom stereocenters. The summed E-state index contributed by atoms with van der Waals surface area (Å²) >= 11 is 0. The molecule has 0 bridgehead atoms. The molecule has 1 aliphatic heterocycles. The molecule has 0 amide bonds. The van der Waals surface area contributed by atoms with Crippen LogP contribution >= 0.6 is 0 Å². The molecule has 30 heavy (non-hydrogen) atoms. The highest BCUT2D eigenvalue weighted by Crippen LogP contribution is 2.35. The molecule has 1 saturated heterocycles. The lowest BCUT2D eigenvalue weighted by atomic mass is 10.00. The van der Waals surface area contributed by atoms with E-state index in [0.717, 1.165) is 36.1 Å². The number of piperazine rings is 1. The fourth-order valence-electron chi connectivity index (χ4n) is 4.74. The highest BCUT2D eigenvalue weighted by molar-refractivity contribution is 5.96. The maximum atomic E-state index is 5.48. The topological polar surface area (TPSA) is 28.6 Å². The van der Waals surface area contributed by atoms with Gasteiger partial charge in [-0.15, -0.1) is 0 Å². The average Bonchev–Trinajstić information content (AvgIpc) is 3.59. The SMILES string of the molecule is COc1cccc(-c2cc(N3C[C@@H](C)N(CC4CC4)C[C@@H]3C)nc3ccccc23)c1. The molecule has 4 heteroatoms. The van der Waals surface area contributed by atoms with Crippen molar-refractivity contribution in [1.29, 1.82) is 0 Å². The van der Waals surface area contributed by atoms with Gasteiger partial charge in [-0.3, -0.25) is 4.90 Å². The van der Waals surface area contributed by atoms with Crippen LogP contribution in [0.5, 0.6) is 5.75 Å². The lowest BCUT2D eigenvalue weighted by Gasteiger charge is -2.45. The lowest BCUT2D eigenvalue weighted by molar-refractivity contribution is 0.159. The summed E-state index contributed by atoms with van der Waals surface area (Å²) in [5.41, 5.74) is 3.44. The molecule has 1 aliphatic carbocycles. The minimum absolute atomic E-state index is 0.451. The molecule has 5 rings (SSSR count). The van der Waals surface area contributed by atoms with Crippen LogP contribution < -0.4 is 9.64 Å². The minimum Gasteiger partial charge on any atom is -0.497 e. The fraction of sp³-hybridized carbons (Fsp3) is 0.423. The Bertz CT molecular complexity index is 1050. The summed E-state index contributed by atoms with van der Waals surface area (Å²) in [6.07, 6.45) is 2.83. The standard InChI is InChI=1S/C26H31N3O/c1-18-16-29(19(2)15-28(18)17-20-11-12-20)26-14-24(21-7-6-8-22(13-21)30-3)23-9-4-5-10-25(23)27-26/h4-10,13-14,18-20H,11-12,15-17H2,1-3H3/t18-,19+/m1/s1. The first-order valence-electron chi connectivity index (χ1n) is 11.2. The van der Waals surface area contributed by atoms with Crippen LogP contribution in [0.25, 0.3) is 22.0 Å². The highest BCUT2D eigenvalue weighted by Gasteiger charge is 2.33. The van der Waals surface area contributed by atoms with Gasteiger partial charge in [-0.1, -0.05) is 30.3 Å². The van der Waals surface area contributed by atoms with Gasteiger partial charge in [0.15, 0.2) is 0 Å². The summed E-state index contributed by atoms with van der Waals surface area (Å²) in [6.45, 7) is 8.11. The Morgan fingerprint density at radius 2 is 1.80 bits per heavy atom. The number of hydrogen-bond acceptors (Lipinski definition) is 4. The Morgan fingerprint density at radius 1 is 0.967 bits per heavy atom. The molecular weight excluding hydrogens is 370 g/mol. The van der Waals surface area contributed by atoms with Crippen LogP contribution in [0.15, 0.2) is 54.6 Å². The number of benzene rings is 2. The van der Waals surface area contributed by atoms with Crippen LogP contribution in [0, 0.1) is 5.92 Å². The maximum absolute atomic E-state index is 5.48. The van der Waals surface area contributed by atoms with Crippen LogP contribution in [0.4, 0.5) is 5.82 Å². The van der Waals surface area contributed by atoms with Crippen molar-refractivity contribution in [2.45, 2.75) is 38.8 Å². The van der Waals surface area contributed by atoms with Crippen LogP contribution in [-0.2, 0) is 0 Å². The molecule has 0 unspecified atom stereocenters. The first kappa shape index (κ1) is 19.4. The van der Waals surface area contributed by atoms with E-state index in [4.69, 9.17) is 9.72 Å². The van der Waals surface area contributed by atoms with Gasteiger partial charge in [0.25, 0.3) is 0 Å². The van der Waals surface area contributed by atoms with Crippen molar-refractivity contribution in [3.8, 4) is 16.9 Å². The summed E-state index contributed by atoms with van der Waals surface area (Å²) in [7, 11) is 1.72. The zero-order valence-electron chi connectivity index (χ0n) is 18.2. The van der Waals surface area contributed by atoms with Crippen LogP contribution in [0.2, 0.25) is 0 Å². The quantitative estimate of drug-likeness (QED) is 0.586. The number of fused-ring (bicyclic) bond motifs is 1. The van der Waals surface area contributed by atoms with Gasteiger partial charge in [0.1, 0.15) is 11.6 Å². The molecule has 2 aliphatic rings. The van der Waals surface area contributed by atoms with Crippen molar-refractivity contribution in [1.82, 2.24) is 9.88 Å². The van der Waals surface area contributed by atoms with Gasteiger partial charge in [0.2, 0.25) is 0 Å². The molecule has 0 N–H and O–H groups in total. The first-order valence-corrected chi connectivity index (χ1v) is 11.2. The summed E-state index contributed by atoms with van der Waals surface area (Å²) in [5, 5.41) is 1.18. The average molecular weight is 402 g/mol. The van der Waals surface area contributed by atoms with Gasteiger partial charge in [0, 0.05) is 37.1 Å². The number of aromatic nitrogens is 1. The summed E-state index contributed by atoms with van der Waals surface area (Å²) < 4.78 is 5.48.